The molecule has 0 aliphatic rings. The van der Waals surface area contributed by atoms with Gasteiger partial charge < -0.3 is 14.2 Å². The van der Waals surface area contributed by atoms with Crippen molar-refractivity contribution in [3.63, 3.8) is 0 Å². The number of ether oxygens (including phenoxy) is 3. The van der Waals surface area contributed by atoms with E-state index in [1.54, 1.807) is 58.2 Å². The number of esters is 2. The van der Waals surface area contributed by atoms with Crippen molar-refractivity contribution in [2.24, 2.45) is 0 Å². The van der Waals surface area contributed by atoms with Crippen molar-refractivity contribution in [2.45, 2.75) is 34.6 Å². The van der Waals surface area contributed by atoms with Crippen LogP contribution in [0.15, 0.2) is 103 Å². The molecule has 0 amide bonds. The second-order valence-corrected chi connectivity index (χ2v) is 8.69. The van der Waals surface area contributed by atoms with Crippen molar-refractivity contribution in [1.29, 1.82) is 0 Å². The van der Waals surface area contributed by atoms with Crippen LogP contribution in [-0.2, 0) is 14.4 Å². The first-order valence-electron chi connectivity index (χ1n) is 13.0. The molecule has 0 spiro atoms. The van der Waals surface area contributed by atoms with Gasteiger partial charge in [0.15, 0.2) is 0 Å². The maximum Gasteiger partial charge on any atom is 0.338 e. The quantitative estimate of drug-likeness (QED) is 0.0871. The lowest BCUT2D eigenvalue weighted by Gasteiger charge is -2.12. The number of hydrogen-bond donors (Lipinski definition) is 0. The topological polar surface area (TPSA) is 78.9 Å². The van der Waals surface area contributed by atoms with Gasteiger partial charge in [0.05, 0.1) is 7.11 Å². The van der Waals surface area contributed by atoms with E-state index in [0.717, 1.165) is 28.7 Å². The largest absolute Gasteiger partial charge is 0.497 e. The average Bonchev–Trinajstić information content (AvgIpc) is 2.98. The standard InChI is InChI=1S/C29H26O5.C4H6O.C2H6/c1-19(2)28(30)33-25-15-11-23(12-16-25)26-17-10-22(18-27(26)34-29(31)20(3)4)7-6-21-8-13-24(32-5)14-9-21;1-4(2)3-5;1-2/h6-18H,1,3H2,2,4-5H3;3H,1H2,2H3;1-2H3/b7-6+;;. The summed E-state index contributed by atoms with van der Waals surface area (Å²) < 4.78 is 16.1. The van der Waals surface area contributed by atoms with Gasteiger partial charge in [0.25, 0.3) is 0 Å². The van der Waals surface area contributed by atoms with Crippen molar-refractivity contribution < 1.29 is 28.6 Å². The monoisotopic (exact) mass is 554 g/mol. The highest BCUT2D eigenvalue weighted by atomic mass is 16.5. The van der Waals surface area contributed by atoms with Gasteiger partial charge in [-0.25, -0.2) is 9.59 Å². The molecular weight excluding hydrogens is 516 g/mol. The summed E-state index contributed by atoms with van der Waals surface area (Å²) in [6.07, 6.45) is 4.62. The summed E-state index contributed by atoms with van der Waals surface area (Å²) in [6, 6.07) is 20.2. The lowest BCUT2D eigenvalue weighted by atomic mass is 10.0. The van der Waals surface area contributed by atoms with Gasteiger partial charge in [0, 0.05) is 16.7 Å². The molecule has 0 saturated carbocycles. The Morgan fingerprint density at radius 1 is 0.683 bits per heavy atom. The van der Waals surface area contributed by atoms with Gasteiger partial charge >= 0.3 is 11.9 Å². The van der Waals surface area contributed by atoms with E-state index in [-0.39, 0.29) is 0 Å². The number of methoxy groups -OCH3 is 1. The summed E-state index contributed by atoms with van der Waals surface area (Å²) in [4.78, 5) is 33.4. The third kappa shape index (κ3) is 11.8. The smallest absolute Gasteiger partial charge is 0.338 e. The van der Waals surface area contributed by atoms with Gasteiger partial charge in [-0.05, 0) is 73.4 Å². The van der Waals surface area contributed by atoms with Gasteiger partial charge in [-0.2, -0.15) is 0 Å². The summed E-state index contributed by atoms with van der Waals surface area (Å²) in [7, 11) is 1.63. The number of carbonyl (C=O) groups excluding carboxylic acids is 3. The van der Waals surface area contributed by atoms with Crippen molar-refractivity contribution >= 4 is 30.4 Å². The van der Waals surface area contributed by atoms with Crippen LogP contribution in [-0.4, -0.2) is 25.3 Å². The fourth-order valence-electron chi connectivity index (χ4n) is 2.96. The third-order valence-corrected chi connectivity index (χ3v) is 5.07. The highest BCUT2D eigenvalue weighted by Gasteiger charge is 2.13. The van der Waals surface area contributed by atoms with Crippen molar-refractivity contribution in [2.75, 3.05) is 7.11 Å². The van der Waals surface area contributed by atoms with Gasteiger partial charge in [-0.1, -0.05) is 82.1 Å². The normalized spacial score (nSPS) is 9.71. The number of aldehydes is 1. The molecule has 0 aliphatic heterocycles. The van der Waals surface area contributed by atoms with Gasteiger partial charge in [0.1, 0.15) is 23.5 Å². The van der Waals surface area contributed by atoms with Gasteiger partial charge in [0.2, 0.25) is 0 Å². The molecule has 0 aliphatic carbocycles. The maximum absolute atomic E-state index is 12.3. The molecule has 0 heterocycles. The zero-order chi connectivity index (χ0) is 30.9. The minimum Gasteiger partial charge on any atom is -0.497 e. The molecule has 3 aromatic carbocycles. The van der Waals surface area contributed by atoms with Crippen LogP contribution in [0.5, 0.6) is 17.2 Å². The first-order chi connectivity index (χ1) is 19.5. The lowest BCUT2D eigenvalue weighted by Crippen LogP contribution is -2.09. The van der Waals surface area contributed by atoms with Crippen LogP contribution in [0.2, 0.25) is 0 Å². The Labute approximate surface area is 243 Å². The van der Waals surface area contributed by atoms with Crippen LogP contribution in [0.3, 0.4) is 0 Å². The molecule has 0 saturated heterocycles. The molecule has 0 N–H and O–H groups in total. The fraction of sp³-hybridized carbons (Fsp3) is 0.171. The molecule has 6 nitrogen and oxygen atoms in total. The van der Waals surface area contributed by atoms with E-state index in [0.29, 0.717) is 33.8 Å². The molecule has 3 rings (SSSR count). The Morgan fingerprint density at radius 3 is 1.63 bits per heavy atom. The van der Waals surface area contributed by atoms with Crippen molar-refractivity contribution in [3.8, 4) is 28.4 Å². The van der Waals surface area contributed by atoms with Gasteiger partial charge in [-0.15, -0.1) is 0 Å². The zero-order valence-electron chi connectivity index (χ0n) is 24.7. The van der Waals surface area contributed by atoms with Crippen LogP contribution in [0, 0.1) is 0 Å². The molecule has 0 radical (unpaired) electrons. The molecule has 0 aromatic heterocycles. The van der Waals surface area contributed by atoms with Gasteiger partial charge in [-0.3, -0.25) is 4.79 Å². The van der Waals surface area contributed by atoms with Crippen molar-refractivity contribution in [3.05, 3.63) is 114 Å². The molecule has 0 fully saturated rings. The number of benzene rings is 3. The molecular formula is C35H38O6. The highest BCUT2D eigenvalue weighted by molar-refractivity contribution is 5.91. The Hall–Kier alpha value is -4.97. The molecule has 0 bridgehead atoms. The predicted molar refractivity (Wildman–Crippen MR) is 167 cm³/mol. The van der Waals surface area contributed by atoms with E-state index in [2.05, 4.69) is 19.7 Å². The molecule has 214 valence electrons. The second kappa shape index (κ2) is 17.6. The van der Waals surface area contributed by atoms with E-state index >= 15 is 0 Å². The number of allylic oxidation sites excluding steroid dienone is 1. The number of rotatable bonds is 9. The van der Waals surface area contributed by atoms with E-state index in [1.165, 1.54) is 0 Å². The third-order valence-electron chi connectivity index (χ3n) is 5.07. The average molecular weight is 555 g/mol. The van der Waals surface area contributed by atoms with E-state index in [1.807, 2.05) is 62.4 Å². The van der Waals surface area contributed by atoms with E-state index < -0.39 is 11.9 Å². The first kappa shape index (κ1) is 34.1. The zero-order valence-corrected chi connectivity index (χ0v) is 24.7. The molecule has 0 atom stereocenters. The SMILES string of the molecule is C=C(C)C(=O)Oc1ccc(-c2ccc(/C=C/c3ccc(OC)cc3)cc2OC(=O)C(=C)C)cc1.C=C(C)C=O.CC. The molecule has 6 heteroatoms. The lowest BCUT2D eigenvalue weighted by molar-refractivity contribution is -0.130. The number of carbonyl (C=O) groups is 3. The second-order valence-electron chi connectivity index (χ2n) is 8.69. The Balaban J connectivity index is 0.00000108. The predicted octanol–water partition coefficient (Wildman–Crippen LogP) is 8.28. The summed E-state index contributed by atoms with van der Waals surface area (Å²) >= 11 is 0. The Kier molecular flexibility index (Phi) is 14.6. The van der Waals surface area contributed by atoms with Crippen LogP contribution in [0.4, 0.5) is 0 Å². The fourth-order valence-corrected chi connectivity index (χ4v) is 2.96. The van der Waals surface area contributed by atoms with Crippen molar-refractivity contribution in [1.82, 2.24) is 0 Å². The maximum atomic E-state index is 12.3. The highest BCUT2D eigenvalue weighted by Crippen LogP contribution is 2.33. The minimum atomic E-state index is -0.510. The first-order valence-corrected chi connectivity index (χ1v) is 13.0. The summed E-state index contributed by atoms with van der Waals surface area (Å²) in [5, 5.41) is 0. The summed E-state index contributed by atoms with van der Waals surface area (Å²) in [5.41, 5.74) is 4.56. The molecule has 0 unspecified atom stereocenters. The van der Waals surface area contributed by atoms with Crippen LogP contribution < -0.4 is 14.2 Å². The number of hydrogen-bond acceptors (Lipinski definition) is 6. The van der Waals surface area contributed by atoms with Crippen LogP contribution >= 0.6 is 0 Å². The molecule has 41 heavy (non-hydrogen) atoms. The summed E-state index contributed by atoms with van der Waals surface area (Å²) in [5.74, 6) is 0.588. The van der Waals surface area contributed by atoms with E-state index in [9.17, 15) is 14.4 Å². The van der Waals surface area contributed by atoms with Crippen LogP contribution in [0.25, 0.3) is 23.3 Å². The minimum absolute atomic E-state index is 0.298. The molecule has 3 aromatic rings. The summed E-state index contributed by atoms with van der Waals surface area (Å²) in [6.45, 7) is 19.4. The van der Waals surface area contributed by atoms with E-state index in [4.69, 9.17) is 14.2 Å². The Morgan fingerprint density at radius 2 is 1.15 bits per heavy atom. The van der Waals surface area contributed by atoms with Crippen LogP contribution in [0.1, 0.15) is 45.7 Å². The Bertz CT molecular complexity index is 1390.